The molecule has 166 valence electrons. The summed E-state index contributed by atoms with van der Waals surface area (Å²) in [5.41, 5.74) is 11.5. The molecule has 0 atom stereocenters. The minimum atomic E-state index is 0.171. The summed E-state index contributed by atoms with van der Waals surface area (Å²) in [6.45, 7) is 1.84. The molecule has 0 aliphatic rings. The second-order valence-corrected chi connectivity index (χ2v) is 7.78. The van der Waals surface area contributed by atoms with Crippen LogP contribution >= 0.6 is 0 Å². The first-order valence-electron chi connectivity index (χ1n) is 10.8. The smallest absolute Gasteiger partial charge is 0.127 e. The molecule has 0 spiro atoms. The highest BCUT2D eigenvalue weighted by Crippen LogP contribution is 2.24. The zero-order valence-electron chi connectivity index (χ0n) is 18.5. The van der Waals surface area contributed by atoms with Crippen molar-refractivity contribution >= 4 is 45.6 Å². The summed E-state index contributed by atoms with van der Waals surface area (Å²) in [6.07, 6.45) is 6.79. The number of phenols is 1. The van der Waals surface area contributed by atoms with Crippen LogP contribution in [0.25, 0.3) is 21.8 Å². The lowest BCUT2D eigenvalue weighted by Crippen LogP contribution is -1.97. The molecule has 0 aliphatic heterocycles. The molecule has 2 aromatic heterocycles. The quantitative estimate of drug-likeness (QED) is 0.230. The number of hydrazone groups is 2. The van der Waals surface area contributed by atoms with Gasteiger partial charge in [0.2, 0.25) is 0 Å². The van der Waals surface area contributed by atoms with Gasteiger partial charge in [0.1, 0.15) is 5.75 Å². The van der Waals surface area contributed by atoms with Gasteiger partial charge in [0, 0.05) is 28.7 Å². The summed E-state index contributed by atoms with van der Waals surface area (Å²) >= 11 is 0. The largest absolute Gasteiger partial charge is 0.507 e. The molecule has 3 N–H and O–H groups in total. The molecule has 0 saturated heterocycles. The van der Waals surface area contributed by atoms with Crippen LogP contribution in [0.1, 0.15) is 16.7 Å². The molecule has 0 fully saturated rings. The van der Waals surface area contributed by atoms with Crippen molar-refractivity contribution in [3.05, 3.63) is 102 Å². The summed E-state index contributed by atoms with van der Waals surface area (Å²) in [6, 6.07) is 23.2. The van der Waals surface area contributed by atoms with Crippen molar-refractivity contribution in [2.75, 3.05) is 10.9 Å². The molecule has 0 aliphatic carbocycles. The SMILES string of the molecule is Cc1cc(/C=N\Nc2cccc3cccnc23)cc(/C=N\Nc2cccc3cccnc23)c1O. The van der Waals surface area contributed by atoms with Crippen molar-refractivity contribution in [1.29, 1.82) is 0 Å². The maximum absolute atomic E-state index is 10.5. The van der Waals surface area contributed by atoms with Gasteiger partial charge in [-0.15, -0.1) is 0 Å². The fraction of sp³-hybridized carbons (Fsp3) is 0.0370. The predicted octanol–water partition coefficient (Wildman–Crippen LogP) is 5.69. The molecular formula is C27H22N6O. The lowest BCUT2D eigenvalue weighted by molar-refractivity contribution is 0.470. The van der Waals surface area contributed by atoms with E-state index in [1.165, 1.54) is 0 Å². The number of aryl methyl sites for hydroxylation is 1. The molecule has 0 unspecified atom stereocenters. The minimum absolute atomic E-state index is 0.171. The Hall–Kier alpha value is -4.78. The summed E-state index contributed by atoms with van der Waals surface area (Å²) in [5.74, 6) is 0.171. The summed E-state index contributed by atoms with van der Waals surface area (Å²) < 4.78 is 0. The molecule has 0 saturated carbocycles. The van der Waals surface area contributed by atoms with E-state index in [9.17, 15) is 5.11 Å². The van der Waals surface area contributed by atoms with E-state index in [0.29, 0.717) is 5.56 Å². The van der Waals surface area contributed by atoms with E-state index >= 15 is 0 Å². The molecule has 5 aromatic rings. The lowest BCUT2D eigenvalue weighted by Gasteiger charge is -2.07. The van der Waals surface area contributed by atoms with Gasteiger partial charge in [0.25, 0.3) is 0 Å². The molecule has 0 radical (unpaired) electrons. The summed E-state index contributed by atoms with van der Waals surface area (Å²) in [4.78, 5) is 8.84. The first-order chi connectivity index (χ1) is 16.7. The van der Waals surface area contributed by atoms with Gasteiger partial charge in [-0.05, 0) is 54.4 Å². The Morgan fingerprint density at radius 3 is 1.91 bits per heavy atom. The second kappa shape index (κ2) is 9.38. The normalized spacial score (nSPS) is 11.6. The third kappa shape index (κ3) is 4.40. The number of fused-ring (bicyclic) bond motifs is 2. The first-order valence-corrected chi connectivity index (χ1v) is 10.8. The maximum Gasteiger partial charge on any atom is 0.127 e. The van der Waals surface area contributed by atoms with E-state index in [1.807, 2.05) is 79.7 Å². The molecule has 2 heterocycles. The minimum Gasteiger partial charge on any atom is -0.507 e. The van der Waals surface area contributed by atoms with E-state index in [4.69, 9.17) is 0 Å². The fourth-order valence-electron chi connectivity index (χ4n) is 3.75. The number of para-hydroxylation sites is 2. The number of hydrogen-bond donors (Lipinski definition) is 3. The number of aromatic hydroxyl groups is 1. The molecule has 3 aromatic carbocycles. The van der Waals surface area contributed by atoms with Gasteiger partial charge in [0.05, 0.1) is 34.8 Å². The van der Waals surface area contributed by atoms with Crippen molar-refractivity contribution in [3.8, 4) is 5.75 Å². The van der Waals surface area contributed by atoms with Gasteiger partial charge >= 0.3 is 0 Å². The summed E-state index contributed by atoms with van der Waals surface area (Å²) in [7, 11) is 0. The van der Waals surface area contributed by atoms with Gasteiger partial charge < -0.3 is 5.11 Å². The Balaban J connectivity index is 1.35. The van der Waals surface area contributed by atoms with E-state index in [2.05, 4.69) is 31.0 Å². The summed E-state index contributed by atoms with van der Waals surface area (Å²) in [5, 5.41) is 21.3. The van der Waals surface area contributed by atoms with Crippen LogP contribution < -0.4 is 10.9 Å². The standard InChI is InChI=1S/C27H22N6O/c1-18-14-19(16-30-32-23-10-2-6-20-8-4-12-28-25(20)23)15-22(27(18)34)17-31-33-24-11-3-7-21-9-5-13-29-26(21)24/h2-17,32-34H,1H3/b30-16-,31-17-. The van der Waals surface area contributed by atoms with Gasteiger partial charge in [-0.3, -0.25) is 20.8 Å². The van der Waals surface area contributed by atoms with Crippen LogP contribution in [0.3, 0.4) is 0 Å². The van der Waals surface area contributed by atoms with Gasteiger partial charge in [-0.1, -0.05) is 36.4 Å². The Kier molecular flexibility index (Phi) is 5.82. The third-order valence-electron chi connectivity index (χ3n) is 5.40. The van der Waals surface area contributed by atoms with E-state index in [-0.39, 0.29) is 5.75 Å². The van der Waals surface area contributed by atoms with Crippen LogP contribution in [0.5, 0.6) is 5.75 Å². The Morgan fingerprint density at radius 1 is 0.735 bits per heavy atom. The Bertz CT molecular complexity index is 1530. The molecular weight excluding hydrogens is 424 g/mol. The Labute approximate surface area is 196 Å². The van der Waals surface area contributed by atoms with Gasteiger partial charge in [0.15, 0.2) is 0 Å². The first kappa shape index (κ1) is 21.1. The van der Waals surface area contributed by atoms with Crippen molar-refractivity contribution in [2.24, 2.45) is 10.2 Å². The van der Waals surface area contributed by atoms with Crippen LogP contribution in [-0.2, 0) is 0 Å². The third-order valence-corrected chi connectivity index (χ3v) is 5.40. The number of nitrogens with zero attached hydrogens (tertiary/aromatic N) is 4. The van der Waals surface area contributed by atoms with Crippen LogP contribution in [-0.4, -0.2) is 27.5 Å². The number of benzene rings is 3. The topological polar surface area (TPSA) is 94.8 Å². The van der Waals surface area contributed by atoms with Crippen molar-refractivity contribution in [2.45, 2.75) is 6.92 Å². The maximum atomic E-state index is 10.5. The number of phenolic OH excluding ortho intramolecular Hbond substituents is 1. The fourth-order valence-corrected chi connectivity index (χ4v) is 3.75. The molecule has 0 amide bonds. The average molecular weight is 447 g/mol. The van der Waals surface area contributed by atoms with Gasteiger partial charge in [-0.2, -0.15) is 10.2 Å². The number of anilines is 2. The highest BCUT2D eigenvalue weighted by molar-refractivity contribution is 5.93. The van der Waals surface area contributed by atoms with E-state index in [0.717, 1.165) is 44.3 Å². The van der Waals surface area contributed by atoms with E-state index in [1.54, 1.807) is 24.8 Å². The lowest BCUT2D eigenvalue weighted by atomic mass is 10.1. The van der Waals surface area contributed by atoms with Gasteiger partial charge in [-0.25, -0.2) is 0 Å². The molecule has 34 heavy (non-hydrogen) atoms. The van der Waals surface area contributed by atoms with Crippen molar-refractivity contribution < 1.29 is 5.11 Å². The number of nitrogens with one attached hydrogen (secondary N) is 2. The highest BCUT2D eigenvalue weighted by atomic mass is 16.3. The highest BCUT2D eigenvalue weighted by Gasteiger charge is 2.06. The number of hydrogen-bond acceptors (Lipinski definition) is 7. The second-order valence-electron chi connectivity index (χ2n) is 7.78. The number of aromatic nitrogens is 2. The van der Waals surface area contributed by atoms with Crippen molar-refractivity contribution in [3.63, 3.8) is 0 Å². The number of rotatable bonds is 6. The zero-order valence-corrected chi connectivity index (χ0v) is 18.5. The number of pyridine rings is 2. The molecule has 7 nitrogen and oxygen atoms in total. The molecule has 5 rings (SSSR count). The molecule has 0 bridgehead atoms. The van der Waals surface area contributed by atoms with Crippen LogP contribution in [0.2, 0.25) is 0 Å². The van der Waals surface area contributed by atoms with Crippen LogP contribution in [0.15, 0.2) is 95.4 Å². The van der Waals surface area contributed by atoms with Crippen LogP contribution in [0, 0.1) is 6.92 Å². The average Bonchev–Trinajstić information content (AvgIpc) is 2.87. The Morgan fingerprint density at radius 2 is 1.29 bits per heavy atom. The van der Waals surface area contributed by atoms with Crippen molar-refractivity contribution in [1.82, 2.24) is 9.97 Å². The zero-order chi connectivity index (χ0) is 23.3. The predicted molar refractivity (Wildman–Crippen MR) is 139 cm³/mol. The van der Waals surface area contributed by atoms with E-state index < -0.39 is 0 Å². The molecule has 7 heteroatoms. The van der Waals surface area contributed by atoms with Crippen LogP contribution in [0.4, 0.5) is 11.4 Å². The monoisotopic (exact) mass is 446 g/mol.